The molecule has 0 bridgehead atoms. The zero-order valence-electron chi connectivity index (χ0n) is 15.6. The van der Waals surface area contributed by atoms with Crippen LogP contribution in [0.2, 0.25) is 0 Å². The van der Waals surface area contributed by atoms with Crippen molar-refractivity contribution in [2.75, 3.05) is 0 Å². The van der Waals surface area contributed by atoms with Crippen LogP contribution in [0.3, 0.4) is 0 Å². The van der Waals surface area contributed by atoms with Crippen molar-refractivity contribution < 1.29 is 4.74 Å². The van der Waals surface area contributed by atoms with Gasteiger partial charge in [0.1, 0.15) is 0 Å². The molecule has 1 fully saturated rings. The second kappa shape index (κ2) is 6.00. The van der Waals surface area contributed by atoms with Crippen molar-refractivity contribution >= 4 is 0 Å². The van der Waals surface area contributed by atoms with Crippen LogP contribution in [-0.4, -0.2) is 11.2 Å². The summed E-state index contributed by atoms with van der Waals surface area (Å²) in [6.45, 7) is 15.9. The highest BCUT2D eigenvalue weighted by Crippen LogP contribution is 2.56. The largest absolute Gasteiger partial charge is 0.368 e. The predicted octanol–water partition coefficient (Wildman–Crippen LogP) is 6.25. The van der Waals surface area contributed by atoms with E-state index in [0.29, 0.717) is 5.92 Å². The number of aryl methyl sites for hydroxylation is 1. The van der Waals surface area contributed by atoms with Gasteiger partial charge >= 0.3 is 0 Å². The molecule has 1 aromatic rings. The van der Waals surface area contributed by atoms with Gasteiger partial charge in [-0.1, -0.05) is 57.5 Å². The van der Waals surface area contributed by atoms with E-state index in [0.717, 1.165) is 6.42 Å². The number of benzene rings is 1. The molecular formula is C21H34O. The van der Waals surface area contributed by atoms with Gasteiger partial charge in [-0.05, 0) is 57.4 Å². The lowest BCUT2D eigenvalue weighted by Gasteiger charge is -2.50. The summed E-state index contributed by atoms with van der Waals surface area (Å²) in [5.74, 6) is 0.499. The number of ether oxygens (including phenoxy) is 1. The summed E-state index contributed by atoms with van der Waals surface area (Å²) in [5, 5.41) is 0. The Bertz CT molecular complexity index is 492. The smallest absolute Gasteiger partial charge is 0.0805 e. The third-order valence-corrected chi connectivity index (χ3v) is 5.66. The van der Waals surface area contributed by atoms with E-state index in [2.05, 4.69) is 72.7 Å². The first-order valence-electron chi connectivity index (χ1n) is 8.88. The fourth-order valence-corrected chi connectivity index (χ4v) is 3.95. The minimum Gasteiger partial charge on any atom is -0.368 e. The van der Waals surface area contributed by atoms with Crippen molar-refractivity contribution in [2.24, 2.45) is 5.41 Å². The summed E-state index contributed by atoms with van der Waals surface area (Å²) in [5.41, 5.74) is 2.77. The van der Waals surface area contributed by atoms with Crippen LogP contribution in [0.5, 0.6) is 0 Å². The van der Waals surface area contributed by atoms with Gasteiger partial charge in [0.25, 0.3) is 0 Å². The molecule has 1 aliphatic rings. The van der Waals surface area contributed by atoms with E-state index in [1.165, 1.54) is 30.4 Å². The summed E-state index contributed by atoms with van der Waals surface area (Å²) >= 11 is 0. The highest BCUT2D eigenvalue weighted by molar-refractivity contribution is 5.29. The highest BCUT2D eigenvalue weighted by Gasteiger charge is 2.54. The number of hydrogen-bond donors (Lipinski definition) is 0. The van der Waals surface area contributed by atoms with Gasteiger partial charge in [0.15, 0.2) is 0 Å². The standard InChI is InChI=1S/C21H34O/c1-8-20(6,7)22-21(19(3,4)5)15-9-10-18(21)17-13-11-16(2)12-14-17/h11-14,18H,8-10,15H2,1-7H3. The molecule has 0 radical (unpaired) electrons. The number of hydrogen-bond acceptors (Lipinski definition) is 1. The van der Waals surface area contributed by atoms with E-state index in [9.17, 15) is 0 Å². The Balaban J connectivity index is 2.45. The quantitative estimate of drug-likeness (QED) is 0.638. The molecule has 0 saturated heterocycles. The second-order valence-corrected chi connectivity index (χ2v) is 8.71. The maximum atomic E-state index is 6.90. The van der Waals surface area contributed by atoms with Crippen LogP contribution in [0.1, 0.15) is 84.3 Å². The molecular weight excluding hydrogens is 268 g/mol. The van der Waals surface area contributed by atoms with Crippen LogP contribution < -0.4 is 0 Å². The van der Waals surface area contributed by atoms with Gasteiger partial charge < -0.3 is 4.74 Å². The van der Waals surface area contributed by atoms with Crippen LogP contribution >= 0.6 is 0 Å². The Kier molecular flexibility index (Phi) is 4.78. The van der Waals surface area contributed by atoms with E-state index >= 15 is 0 Å². The molecule has 0 amide bonds. The molecule has 0 aliphatic heterocycles. The summed E-state index contributed by atoms with van der Waals surface area (Å²) < 4.78 is 6.90. The molecule has 2 unspecified atom stereocenters. The SMILES string of the molecule is CCC(C)(C)OC1(C(C)(C)C)CCCC1c1ccc(C)cc1. The van der Waals surface area contributed by atoms with Gasteiger partial charge in [0.2, 0.25) is 0 Å². The van der Waals surface area contributed by atoms with Crippen molar-refractivity contribution in [1.82, 2.24) is 0 Å². The van der Waals surface area contributed by atoms with E-state index < -0.39 is 0 Å². The van der Waals surface area contributed by atoms with Gasteiger partial charge in [0.05, 0.1) is 11.2 Å². The van der Waals surface area contributed by atoms with Gasteiger partial charge in [-0.25, -0.2) is 0 Å². The molecule has 1 aromatic carbocycles. The molecule has 22 heavy (non-hydrogen) atoms. The third kappa shape index (κ3) is 3.25. The minimum absolute atomic E-state index is 0.0677. The molecule has 0 heterocycles. The van der Waals surface area contributed by atoms with Crippen molar-refractivity contribution in [3.8, 4) is 0 Å². The van der Waals surface area contributed by atoms with E-state index in [1.54, 1.807) is 0 Å². The molecule has 0 N–H and O–H groups in total. The average molecular weight is 303 g/mol. The van der Waals surface area contributed by atoms with Gasteiger partial charge in [-0.15, -0.1) is 0 Å². The normalized spacial score (nSPS) is 26.4. The summed E-state index contributed by atoms with van der Waals surface area (Å²) in [7, 11) is 0. The zero-order chi connectivity index (χ0) is 16.6. The molecule has 2 atom stereocenters. The van der Waals surface area contributed by atoms with Crippen molar-refractivity contribution in [1.29, 1.82) is 0 Å². The Morgan fingerprint density at radius 3 is 2.18 bits per heavy atom. The van der Waals surface area contributed by atoms with E-state index in [-0.39, 0.29) is 16.6 Å². The lowest BCUT2D eigenvalue weighted by atomic mass is 9.67. The Labute approximate surface area is 137 Å². The zero-order valence-corrected chi connectivity index (χ0v) is 15.6. The predicted molar refractivity (Wildman–Crippen MR) is 95.4 cm³/mol. The van der Waals surface area contributed by atoms with Crippen LogP contribution in [0.15, 0.2) is 24.3 Å². The summed E-state index contributed by atoms with van der Waals surface area (Å²) in [6, 6.07) is 9.11. The second-order valence-electron chi connectivity index (χ2n) is 8.71. The Hall–Kier alpha value is -0.820. The van der Waals surface area contributed by atoms with Gasteiger partial charge in [-0.2, -0.15) is 0 Å². The lowest BCUT2D eigenvalue weighted by Crippen LogP contribution is -2.52. The van der Waals surface area contributed by atoms with Crippen LogP contribution in [0, 0.1) is 12.3 Å². The maximum Gasteiger partial charge on any atom is 0.0805 e. The molecule has 1 saturated carbocycles. The fourth-order valence-electron chi connectivity index (χ4n) is 3.95. The van der Waals surface area contributed by atoms with Gasteiger partial charge in [-0.3, -0.25) is 0 Å². The first-order chi connectivity index (χ1) is 10.1. The third-order valence-electron chi connectivity index (χ3n) is 5.66. The molecule has 1 heteroatoms. The van der Waals surface area contributed by atoms with Crippen LogP contribution in [-0.2, 0) is 4.74 Å². The fraction of sp³-hybridized carbons (Fsp3) is 0.714. The monoisotopic (exact) mass is 302 g/mol. The van der Waals surface area contributed by atoms with Crippen molar-refractivity contribution in [2.45, 2.75) is 91.3 Å². The Morgan fingerprint density at radius 1 is 1.09 bits per heavy atom. The summed E-state index contributed by atoms with van der Waals surface area (Å²) in [6.07, 6.45) is 4.71. The molecule has 0 aromatic heterocycles. The van der Waals surface area contributed by atoms with Crippen molar-refractivity contribution in [3.05, 3.63) is 35.4 Å². The molecule has 0 spiro atoms. The summed E-state index contributed by atoms with van der Waals surface area (Å²) in [4.78, 5) is 0. The topological polar surface area (TPSA) is 9.23 Å². The molecule has 1 aliphatic carbocycles. The van der Waals surface area contributed by atoms with E-state index in [4.69, 9.17) is 4.74 Å². The van der Waals surface area contributed by atoms with Crippen LogP contribution in [0.4, 0.5) is 0 Å². The molecule has 124 valence electrons. The van der Waals surface area contributed by atoms with Gasteiger partial charge in [0, 0.05) is 5.92 Å². The average Bonchev–Trinajstić information content (AvgIpc) is 2.83. The van der Waals surface area contributed by atoms with Crippen LogP contribution in [0.25, 0.3) is 0 Å². The lowest BCUT2D eigenvalue weighted by molar-refractivity contribution is -0.195. The van der Waals surface area contributed by atoms with Crippen molar-refractivity contribution in [3.63, 3.8) is 0 Å². The molecule has 1 nitrogen and oxygen atoms in total. The number of rotatable bonds is 4. The molecule has 2 rings (SSSR count). The first-order valence-corrected chi connectivity index (χ1v) is 8.88. The maximum absolute atomic E-state index is 6.90. The van der Waals surface area contributed by atoms with E-state index in [1.807, 2.05) is 0 Å². The minimum atomic E-state index is -0.0689. The first kappa shape index (κ1) is 17.5. The Morgan fingerprint density at radius 2 is 1.68 bits per heavy atom. The highest BCUT2D eigenvalue weighted by atomic mass is 16.5.